The molecule has 0 radical (unpaired) electrons. The lowest BCUT2D eigenvalue weighted by molar-refractivity contribution is 0.102. The van der Waals surface area contributed by atoms with Crippen molar-refractivity contribution in [2.45, 2.75) is 11.8 Å². The first-order valence-corrected chi connectivity index (χ1v) is 11.1. The molecular weight excluding hydrogens is 432 g/mol. The molecule has 32 heavy (non-hydrogen) atoms. The fourth-order valence-electron chi connectivity index (χ4n) is 3.09. The molecule has 168 valence electrons. The van der Waals surface area contributed by atoms with Gasteiger partial charge in [0, 0.05) is 5.69 Å². The van der Waals surface area contributed by atoms with E-state index < -0.39 is 15.9 Å². The molecule has 3 rings (SSSR count). The van der Waals surface area contributed by atoms with Crippen LogP contribution in [0.2, 0.25) is 0 Å². The number of methoxy groups -OCH3 is 3. The second kappa shape index (κ2) is 9.61. The van der Waals surface area contributed by atoms with E-state index in [-0.39, 0.29) is 10.5 Å². The van der Waals surface area contributed by atoms with Crippen LogP contribution in [0, 0.1) is 6.92 Å². The largest absolute Gasteiger partial charge is 0.495 e. The Morgan fingerprint density at radius 3 is 2.16 bits per heavy atom. The van der Waals surface area contributed by atoms with Gasteiger partial charge in [-0.05, 0) is 61.0 Å². The number of sulfonamides is 1. The van der Waals surface area contributed by atoms with Crippen molar-refractivity contribution in [3.63, 3.8) is 0 Å². The van der Waals surface area contributed by atoms with E-state index in [4.69, 9.17) is 14.2 Å². The van der Waals surface area contributed by atoms with Crippen molar-refractivity contribution in [2.24, 2.45) is 0 Å². The fourth-order valence-corrected chi connectivity index (χ4v) is 4.15. The van der Waals surface area contributed by atoms with Crippen LogP contribution in [0.5, 0.6) is 17.2 Å². The van der Waals surface area contributed by atoms with E-state index in [0.29, 0.717) is 28.6 Å². The normalized spacial score (nSPS) is 10.9. The first kappa shape index (κ1) is 23.0. The Morgan fingerprint density at radius 2 is 1.53 bits per heavy atom. The Labute approximate surface area is 187 Å². The highest BCUT2D eigenvalue weighted by molar-refractivity contribution is 7.92. The van der Waals surface area contributed by atoms with Gasteiger partial charge < -0.3 is 19.5 Å². The summed E-state index contributed by atoms with van der Waals surface area (Å²) < 4.78 is 43.9. The van der Waals surface area contributed by atoms with E-state index in [0.717, 1.165) is 5.56 Å². The van der Waals surface area contributed by atoms with Crippen LogP contribution in [0.4, 0.5) is 11.4 Å². The van der Waals surface area contributed by atoms with Crippen molar-refractivity contribution >= 4 is 27.3 Å². The van der Waals surface area contributed by atoms with E-state index in [9.17, 15) is 13.2 Å². The highest BCUT2D eigenvalue weighted by atomic mass is 32.2. The lowest BCUT2D eigenvalue weighted by atomic mass is 10.1. The number of carbonyl (C=O) groups is 1. The zero-order valence-corrected chi connectivity index (χ0v) is 18.9. The summed E-state index contributed by atoms with van der Waals surface area (Å²) in [6.45, 7) is 1.85. The maximum Gasteiger partial charge on any atom is 0.262 e. The third-order valence-corrected chi connectivity index (χ3v) is 6.05. The smallest absolute Gasteiger partial charge is 0.262 e. The molecule has 1 amide bonds. The Hall–Kier alpha value is -3.72. The third kappa shape index (κ3) is 4.94. The van der Waals surface area contributed by atoms with Gasteiger partial charge in [-0.2, -0.15) is 0 Å². The van der Waals surface area contributed by atoms with Gasteiger partial charge >= 0.3 is 0 Å². The number of hydrogen-bond acceptors (Lipinski definition) is 6. The highest BCUT2D eigenvalue weighted by Crippen LogP contribution is 2.31. The number of nitrogens with one attached hydrogen (secondary N) is 2. The third-order valence-electron chi connectivity index (χ3n) is 4.67. The van der Waals surface area contributed by atoms with Crippen LogP contribution in [-0.2, 0) is 10.0 Å². The van der Waals surface area contributed by atoms with Gasteiger partial charge in [-0.25, -0.2) is 8.42 Å². The molecule has 3 aromatic rings. The zero-order chi connectivity index (χ0) is 23.3. The van der Waals surface area contributed by atoms with Gasteiger partial charge in [0.2, 0.25) is 0 Å². The Morgan fingerprint density at radius 1 is 0.844 bits per heavy atom. The van der Waals surface area contributed by atoms with Gasteiger partial charge in [-0.1, -0.05) is 12.1 Å². The summed E-state index contributed by atoms with van der Waals surface area (Å²) in [4.78, 5) is 12.7. The van der Waals surface area contributed by atoms with Gasteiger partial charge in [0.1, 0.15) is 5.75 Å². The molecule has 0 heterocycles. The van der Waals surface area contributed by atoms with Crippen LogP contribution in [0.25, 0.3) is 0 Å². The van der Waals surface area contributed by atoms with Crippen molar-refractivity contribution in [1.82, 2.24) is 0 Å². The van der Waals surface area contributed by atoms with Crippen LogP contribution in [0.1, 0.15) is 15.9 Å². The zero-order valence-electron chi connectivity index (χ0n) is 18.1. The average molecular weight is 457 g/mol. The second-order valence-corrected chi connectivity index (χ2v) is 8.51. The Bertz CT molecular complexity index is 1220. The summed E-state index contributed by atoms with van der Waals surface area (Å²) in [5.41, 5.74) is 1.94. The second-order valence-electron chi connectivity index (χ2n) is 6.83. The molecule has 0 spiro atoms. The van der Waals surface area contributed by atoms with Crippen LogP contribution >= 0.6 is 0 Å². The minimum atomic E-state index is -3.86. The van der Waals surface area contributed by atoms with Crippen molar-refractivity contribution < 1.29 is 27.4 Å². The van der Waals surface area contributed by atoms with Gasteiger partial charge in [0.25, 0.3) is 15.9 Å². The van der Waals surface area contributed by atoms with Crippen LogP contribution in [-0.4, -0.2) is 35.7 Å². The molecule has 3 aromatic carbocycles. The number of benzene rings is 3. The standard InChI is InChI=1S/C23H24N2O6S/c1-15-8-13-20(29-2)19(14-15)25-32(27,28)17-11-9-16(10-12-17)24-23(26)18-6-5-7-21(30-3)22(18)31-4/h5-14,25H,1-4H3,(H,24,26). The summed E-state index contributed by atoms with van der Waals surface area (Å²) >= 11 is 0. The van der Waals surface area contributed by atoms with Crippen molar-refractivity contribution in [2.75, 3.05) is 31.4 Å². The minimum Gasteiger partial charge on any atom is -0.495 e. The Kier molecular flexibility index (Phi) is 6.89. The quantitative estimate of drug-likeness (QED) is 0.530. The predicted molar refractivity (Wildman–Crippen MR) is 122 cm³/mol. The van der Waals surface area contributed by atoms with Crippen molar-refractivity contribution in [3.05, 3.63) is 71.8 Å². The van der Waals surface area contributed by atoms with Gasteiger partial charge in [-0.3, -0.25) is 9.52 Å². The van der Waals surface area contributed by atoms with Crippen LogP contribution in [0.15, 0.2) is 65.6 Å². The minimum absolute atomic E-state index is 0.0398. The van der Waals surface area contributed by atoms with Crippen LogP contribution < -0.4 is 24.2 Å². The van der Waals surface area contributed by atoms with E-state index in [1.807, 2.05) is 13.0 Å². The predicted octanol–water partition coefficient (Wildman–Crippen LogP) is 4.07. The van der Waals surface area contributed by atoms with E-state index >= 15 is 0 Å². The number of hydrogen-bond donors (Lipinski definition) is 2. The van der Waals surface area contributed by atoms with Gasteiger partial charge in [0.15, 0.2) is 11.5 Å². The number of para-hydroxylation sites is 1. The van der Waals surface area contributed by atoms with Crippen molar-refractivity contribution in [1.29, 1.82) is 0 Å². The number of carbonyl (C=O) groups excluding carboxylic acids is 1. The molecule has 0 saturated heterocycles. The molecule has 0 fully saturated rings. The first-order chi connectivity index (χ1) is 15.3. The van der Waals surface area contributed by atoms with Gasteiger partial charge in [0.05, 0.1) is 37.5 Å². The highest BCUT2D eigenvalue weighted by Gasteiger charge is 2.19. The molecule has 0 aliphatic carbocycles. The molecule has 0 aliphatic heterocycles. The molecule has 2 N–H and O–H groups in total. The molecule has 0 unspecified atom stereocenters. The molecule has 9 heteroatoms. The summed E-state index contributed by atoms with van der Waals surface area (Å²) in [7, 11) is 0.545. The molecule has 0 atom stereocenters. The van der Waals surface area contributed by atoms with Crippen molar-refractivity contribution in [3.8, 4) is 17.2 Å². The van der Waals surface area contributed by atoms with E-state index in [1.165, 1.54) is 45.6 Å². The summed E-state index contributed by atoms with van der Waals surface area (Å²) in [6, 6.07) is 16.0. The number of anilines is 2. The monoisotopic (exact) mass is 456 g/mol. The molecule has 0 saturated carbocycles. The molecule has 8 nitrogen and oxygen atoms in total. The fraction of sp³-hybridized carbons (Fsp3) is 0.174. The Balaban J connectivity index is 1.79. The molecule has 0 aliphatic rings. The maximum absolute atomic E-state index is 12.8. The number of aryl methyl sites for hydroxylation is 1. The number of amides is 1. The lowest BCUT2D eigenvalue weighted by Crippen LogP contribution is -2.15. The lowest BCUT2D eigenvalue weighted by Gasteiger charge is -2.14. The molecule has 0 aromatic heterocycles. The topological polar surface area (TPSA) is 103 Å². The molecular formula is C23H24N2O6S. The number of rotatable bonds is 8. The summed E-state index contributed by atoms with van der Waals surface area (Å²) in [5.74, 6) is 0.733. The maximum atomic E-state index is 12.8. The average Bonchev–Trinajstić information content (AvgIpc) is 2.78. The summed E-state index contributed by atoms with van der Waals surface area (Å²) in [6.07, 6.45) is 0. The van der Waals surface area contributed by atoms with E-state index in [2.05, 4.69) is 10.0 Å². The first-order valence-electron chi connectivity index (χ1n) is 9.59. The van der Waals surface area contributed by atoms with E-state index in [1.54, 1.807) is 30.3 Å². The molecule has 0 bridgehead atoms. The van der Waals surface area contributed by atoms with Gasteiger partial charge in [-0.15, -0.1) is 0 Å². The SMILES string of the molecule is COc1ccc(C)cc1NS(=O)(=O)c1ccc(NC(=O)c2cccc(OC)c2OC)cc1. The van der Waals surface area contributed by atoms with Crippen LogP contribution in [0.3, 0.4) is 0 Å². The number of ether oxygens (including phenoxy) is 3. The summed E-state index contributed by atoms with van der Waals surface area (Å²) in [5, 5.41) is 2.73.